The SMILES string of the molecule is CCOc1ncc(-c2cccc(N(CC34CCC(c5ccc(C(C)(C)C#N)cc5)(CC3)OC4)C(=O)CC34CC(F)(C3)C4)c2)o1. The van der Waals surface area contributed by atoms with Gasteiger partial charge in [-0.1, -0.05) is 36.4 Å². The van der Waals surface area contributed by atoms with Gasteiger partial charge in [0.1, 0.15) is 5.67 Å². The number of anilines is 1. The molecule has 3 heterocycles. The lowest BCUT2D eigenvalue weighted by Crippen LogP contribution is -2.65. The molecule has 2 aromatic carbocycles. The van der Waals surface area contributed by atoms with Gasteiger partial charge in [-0.05, 0) is 94.4 Å². The molecule has 2 aliphatic heterocycles. The quantitative estimate of drug-likeness (QED) is 0.239. The molecule has 8 heteroatoms. The number of rotatable bonds is 10. The smallest absolute Gasteiger partial charge is 0.394 e. The van der Waals surface area contributed by atoms with E-state index < -0.39 is 11.1 Å². The van der Waals surface area contributed by atoms with Crippen LogP contribution in [0.1, 0.15) is 83.3 Å². The summed E-state index contributed by atoms with van der Waals surface area (Å²) in [5, 5.41) is 9.55. The van der Waals surface area contributed by atoms with Crippen molar-refractivity contribution in [2.75, 3.05) is 24.7 Å². The normalized spacial score (nSPS) is 30.2. The number of oxazole rings is 1. The minimum atomic E-state index is -1.04. The highest BCUT2D eigenvalue weighted by Crippen LogP contribution is 2.71. The fourth-order valence-corrected chi connectivity index (χ4v) is 8.13. The van der Waals surface area contributed by atoms with Gasteiger partial charge in [-0.3, -0.25) is 4.79 Å². The van der Waals surface area contributed by atoms with E-state index in [0.717, 1.165) is 48.1 Å². The fraction of sp³-hybridized carbons (Fsp3) is 0.528. The molecule has 0 N–H and O–H groups in total. The van der Waals surface area contributed by atoms with Crippen molar-refractivity contribution in [2.45, 2.75) is 88.8 Å². The molecule has 7 nitrogen and oxygen atoms in total. The Bertz CT molecular complexity index is 1580. The van der Waals surface area contributed by atoms with Crippen molar-refractivity contribution in [3.63, 3.8) is 0 Å². The van der Waals surface area contributed by atoms with Crippen LogP contribution in [0.4, 0.5) is 10.1 Å². The molecular formula is C36H40FN3O4. The summed E-state index contributed by atoms with van der Waals surface area (Å²) in [4.78, 5) is 20.2. The second kappa shape index (κ2) is 10.2. The summed E-state index contributed by atoms with van der Waals surface area (Å²) in [7, 11) is 0. The second-order valence-corrected chi connectivity index (χ2v) is 14.4. The lowest BCUT2D eigenvalue weighted by molar-refractivity contribution is -0.215. The van der Waals surface area contributed by atoms with Gasteiger partial charge in [-0.2, -0.15) is 10.2 Å². The van der Waals surface area contributed by atoms with Crippen LogP contribution in [0.15, 0.2) is 59.1 Å². The molecule has 44 heavy (non-hydrogen) atoms. The summed E-state index contributed by atoms with van der Waals surface area (Å²) >= 11 is 0. The molecule has 0 atom stereocenters. The van der Waals surface area contributed by atoms with Crippen LogP contribution in [0, 0.1) is 22.2 Å². The molecule has 0 spiro atoms. The summed E-state index contributed by atoms with van der Waals surface area (Å²) in [5.41, 5.74) is 1.51. The fourth-order valence-electron chi connectivity index (χ4n) is 8.13. The van der Waals surface area contributed by atoms with Crippen molar-refractivity contribution >= 4 is 11.6 Å². The molecule has 230 valence electrons. The van der Waals surface area contributed by atoms with Gasteiger partial charge in [-0.25, -0.2) is 4.39 Å². The first kappa shape index (κ1) is 29.0. The Balaban J connectivity index is 1.12. The molecule has 6 aliphatic rings. The molecule has 4 aliphatic carbocycles. The topological polar surface area (TPSA) is 88.6 Å². The number of benzene rings is 2. The number of nitriles is 1. The monoisotopic (exact) mass is 597 g/mol. The Labute approximate surface area is 258 Å². The molecule has 6 fully saturated rings. The summed E-state index contributed by atoms with van der Waals surface area (Å²) in [6, 6.07) is 18.6. The zero-order valence-corrected chi connectivity index (χ0v) is 25.8. The third-order valence-corrected chi connectivity index (χ3v) is 10.8. The van der Waals surface area contributed by atoms with Gasteiger partial charge in [0.05, 0.1) is 36.5 Å². The molecular weight excluding hydrogens is 557 g/mol. The van der Waals surface area contributed by atoms with Crippen LogP contribution in [0.25, 0.3) is 11.3 Å². The molecule has 0 radical (unpaired) electrons. The molecule has 3 aromatic rings. The molecule has 4 saturated carbocycles. The first-order valence-electron chi connectivity index (χ1n) is 15.8. The van der Waals surface area contributed by atoms with Crippen molar-refractivity contribution in [2.24, 2.45) is 10.8 Å². The highest BCUT2D eigenvalue weighted by Gasteiger charge is 2.69. The van der Waals surface area contributed by atoms with E-state index in [4.69, 9.17) is 13.9 Å². The highest BCUT2D eigenvalue weighted by molar-refractivity contribution is 5.95. The Morgan fingerprint density at radius 2 is 1.82 bits per heavy atom. The van der Waals surface area contributed by atoms with Gasteiger partial charge in [0, 0.05) is 29.6 Å². The number of carbonyl (C=O) groups is 1. The van der Waals surface area contributed by atoms with Gasteiger partial charge in [-0.15, -0.1) is 0 Å². The van der Waals surface area contributed by atoms with Crippen LogP contribution in [0.3, 0.4) is 0 Å². The number of aromatic nitrogens is 1. The van der Waals surface area contributed by atoms with Gasteiger partial charge in [0.2, 0.25) is 5.91 Å². The molecule has 9 rings (SSSR count). The number of alkyl halides is 1. The Morgan fingerprint density at radius 1 is 1.09 bits per heavy atom. The van der Waals surface area contributed by atoms with Crippen LogP contribution in [0.2, 0.25) is 0 Å². The van der Waals surface area contributed by atoms with E-state index in [-0.39, 0.29) is 28.4 Å². The van der Waals surface area contributed by atoms with E-state index in [1.807, 2.05) is 49.9 Å². The van der Waals surface area contributed by atoms with E-state index >= 15 is 0 Å². The predicted octanol–water partition coefficient (Wildman–Crippen LogP) is 7.64. The van der Waals surface area contributed by atoms with Gasteiger partial charge in [0.25, 0.3) is 0 Å². The number of hydrogen-bond donors (Lipinski definition) is 0. The van der Waals surface area contributed by atoms with Crippen molar-refractivity contribution in [1.29, 1.82) is 5.26 Å². The minimum absolute atomic E-state index is 0.0453. The van der Waals surface area contributed by atoms with Crippen LogP contribution in [-0.4, -0.2) is 36.3 Å². The number of amides is 1. The highest BCUT2D eigenvalue weighted by atomic mass is 19.1. The Hall–Kier alpha value is -3.70. The predicted molar refractivity (Wildman–Crippen MR) is 164 cm³/mol. The average Bonchev–Trinajstić information content (AvgIpc) is 3.48. The van der Waals surface area contributed by atoms with E-state index in [2.05, 4.69) is 35.3 Å². The Kier molecular flexibility index (Phi) is 6.71. The van der Waals surface area contributed by atoms with Crippen molar-refractivity contribution in [1.82, 2.24) is 4.98 Å². The van der Waals surface area contributed by atoms with Crippen LogP contribution in [0.5, 0.6) is 6.08 Å². The maximum absolute atomic E-state index is 14.4. The average molecular weight is 598 g/mol. The van der Waals surface area contributed by atoms with Crippen LogP contribution < -0.4 is 9.64 Å². The van der Waals surface area contributed by atoms with Gasteiger partial charge in [0.15, 0.2) is 5.76 Å². The van der Waals surface area contributed by atoms with Gasteiger partial charge < -0.3 is 18.8 Å². The summed E-state index contributed by atoms with van der Waals surface area (Å²) in [5.74, 6) is 0.622. The first-order valence-corrected chi connectivity index (χ1v) is 15.8. The summed E-state index contributed by atoms with van der Waals surface area (Å²) in [6.07, 6.45) is 7.37. The molecule has 0 unspecified atom stereocenters. The van der Waals surface area contributed by atoms with E-state index in [1.165, 1.54) is 0 Å². The number of halogens is 1. The molecule has 1 aromatic heterocycles. The van der Waals surface area contributed by atoms with Crippen molar-refractivity contribution in [3.05, 3.63) is 65.9 Å². The second-order valence-electron chi connectivity index (χ2n) is 14.4. The third kappa shape index (κ3) is 4.90. The zero-order valence-electron chi connectivity index (χ0n) is 25.8. The van der Waals surface area contributed by atoms with Crippen molar-refractivity contribution in [3.8, 4) is 23.5 Å². The number of ether oxygens (including phenoxy) is 2. The largest absolute Gasteiger partial charge is 0.450 e. The van der Waals surface area contributed by atoms with Crippen molar-refractivity contribution < 1.29 is 23.1 Å². The maximum Gasteiger partial charge on any atom is 0.394 e. The van der Waals surface area contributed by atoms with E-state index in [1.54, 1.807) is 6.20 Å². The van der Waals surface area contributed by atoms with E-state index in [0.29, 0.717) is 51.2 Å². The van der Waals surface area contributed by atoms with Crippen LogP contribution in [-0.2, 0) is 20.5 Å². The lowest BCUT2D eigenvalue weighted by Gasteiger charge is -2.66. The zero-order chi connectivity index (χ0) is 30.8. The first-order chi connectivity index (χ1) is 21.0. The minimum Gasteiger partial charge on any atom is -0.450 e. The third-order valence-electron chi connectivity index (χ3n) is 10.8. The number of carbonyl (C=O) groups excluding carboxylic acids is 1. The van der Waals surface area contributed by atoms with Crippen LogP contribution >= 0.6 is 0 Å². The molecule has 2 saturated heterocycles. The number of fused-ring (bicyclic) bond motifs is 3. The summed E-state index contributed by atoms with van der Waals surface area (Å²) < 4.78 is 32.3. The van der Waals surface area contributed by atoms with E-state index in [9.17, 15) is 14.4 Å². The van der Waals surface area contributed by atoms with Gasteiger partial charge >= 0.3 is 6.08 Å². The molecule has 4 bridgehead atoms. The Morgan fingerprint density at radius 3 is 2.43 bits per heavy atom. The summed E-state index contributed by atoms with van der Waals surface area (Å²) in [6.45, 7) is 7.32. The maximum atomic E-state index is 14.4. The lowest BCUT2D eigenvalue weighted by atomic mass is 9.41. The number of nitrogens with zero attached hydrogens (tertiary/aromatic N) is 3. The molecule has 1 amide bonds. The standard InChI is InChI=1S/C36H40FN3O4/c1-4-42-31-39-18-29(44-31)25-6-5-7-28(16-25)40(30(41)17-34-19-35(37,20-34)21-34)23-33-12-14-36(15-13-33,43-24-33)27-10-8-26(9-11-27)32(2,3)22-38/h5-11,16,18H,4,12-15,17,19-21,23-24H2,1-3H3. The number of hydrogen-bond acceptors (Lipinski definition) is 6.